The van der Waals surface area contributed by atoms with Crippen LogP contribution in [0.5, 0.6) is 17.2 Å². The minimum Gasteiger partial charge on any atom is -0.496 e. The van der Waals surface area contributed by atoms with Gasteiger partial charge >= 0.3 is 0 Å². The number of ether oxygens (including phenoxy) is 3. The van der Waals surface area contributed by atoms with Gasteiger partial charge in [0.25, 0.3) is 0 Å². The fourth-order valence-corrected chi connectivity index (χ4v) is 3.53. The van der Waals surface area contributed by atoms with E-state index in [-0.39, 0.29) is 21.5 Å². The monoisotopic (exact) mass is 405 g/mol. The highest BCUT2D eigenvalue weighted by molar-refractivity contribution is 7.89. The van der Waals surface area contributed by atoms with E-state index < -0.39 is 10.0 Å². The average molecular weight is 406 g/mol. The Morgan fingerprint density at radius 2 is 1.48 bits per heavy atom. The Labute approximate surface area is 156 Å². The Bertz CT molecular complexity index is 871. The van der Waals surface area contributed by atoms with Crippen LogP contribution in [-0.4, -0.2) is 29.7 Å². The fraction of sp³-hybridized carbons (Fsp3) is 0.250. The topological polar surface area (TPSA) is 73.9 Å². The normalized spacial score (nSPS) is 11.2. The number of sulfonamides is 1. The van der Waals surface area contributed by atoms with Crippen LogP contribution in [0.25, 0.3) is 0 Å². The van der Waals surface area contributed by atoms with Crippen molar-refractivity contribution in [2.45, 2.75) is 11.4 Å². The lowest BCUT2D eigenvalue weighted by atomic mass is 10.1. The van der Waals surface area contributed by atoms with Crippen LogP contribution >= 0.6 is 23.2 Å². The summed E-state index contributed by atoms with van der Waals surface area (Å²) in [5, 5.41) is 0.440. The number of methoxy groups -OCH3 is 3. The molecular formula is C16H17Cl2NO5S. The van der Waals surface area contributed by atoms with Crippen LogP contribution in [-0.2, 0) is 16.6 Å². The van der Waals surface area contributed by atoms with Crippen molar-refractivity contribution >= 4 is 33.2 Å². The largest absolute Gasteiger partial charge is 0.496 e. The molecule has 0 amide bonds. The third-order valence-corrected chi connectivity index (χ3v) is 5.58. The zero-order valence-electron chi connectivity index (χ0n) is 13.8. The first kappa shape index (κ1) is 19.7. The summed E-state index contributed by atoms with van der Waals surface area (Å²) < 4.78 is 43.1. The summed E-state index contributed by atoms with van der Waals surface area (Å²) in [5.74, 6) is 1.41. The van der Waals surface area contributed by atoms with E-state index in [1.165, 1.54) is 39.5 Å². The Kier molecular flexibility index (Phi) is 6.40. The Morgan fingerprint density at radius 3 is 2.04 bits per heavy atom. The molecule has 0 aliphatic rings. The predicted molar refractivity (Wildman–Crippen MR) is 96.6 cm³/mol. The summed E-state index contributed by atoms with van der Waals surface area (Å²) in [6.07, 6.45) is 0. The second-order valence-electron chi connectivity index (χ2n) is 4.92. The van der Waals surface area contributed by atoms with Gasteiger partial charge in [-0.2, -0.15) is 0 Å². The van der Waals surface area contributed by atoms with Gasteiger partial charge in [0.1, 0.15) is 5.75 Å². The average Bonchev–Trinajstić information content (AvgIpc) is 2.61. The number of benzene rings is 2. The molecule has 0 bridgehead atoms. The molecule has 6 nitrogen and oxygen atoms in total. The molecule has 9 heteroatoms. The van der Waals surface area contributed by atoms with E-state index >= 15 is 0 Å². The SMILES string of the molecule is COc1cc(OC)c(OC)cc1CNS(=O)(=O)c1ccc(Cl)c(Cl)c1. The molecule has 0 aliphatic heterocycles. The maximum absolute atomic E-state index is 12.4. The van der Waals surface area contributed by atoms with Crippen molar-refractivity contribution in [1.82, 2.24) is 4.72 Å². The summed E-state index contributed by atoms with van der Waals surface area (Å²) >= 11 is 11.7. The number of hydrogen-bond donors (Lipinski definition) is 1. The van der Waals surface area contributed by atoms with Crippen molar-refractivity contribution in [2.75, 3.05) is 21.3 Å². The molecule has 0 aromatic heterocycles. The van der Waals surface area contributed by atoms with E-state index in [9.17, 15) is 8.42 Å². The van der Waals surface area contributed by atoms with Crippen LogP contribution in [0.2, 0.25) is 10.0 Å². The molecule has 0 saturated carbocycles. The van der Waals surface area contributed by atoms with Crippen molar-refractivity contribution in [3.63, 3.8) is 0 Å². The maximum atomic E-state index is 12.4. The van der Waals surface area contributed by atoms with E-state index in [0.717, 1.165) is 0 Å². The van der Waals surface area contributed by atoms with E-state index in [1.807, 2.05) is 0 Å². The molecule has 1 N–H and O–H groups in total. The molecule has 0 spiro atoms. The first-order valence-electron chi connectivity index (χ1n) is 7.06. The van der Waals surface area contributed by atoms with Crippen LogP contribution < -0.4 is 18.9 Å². The molecule has 25 heavy (non-hydrogen) atoms. The molecular weight excluding hydrogens is 389 g/mol. The first-order chi connectivity index (χ1) is 11.8. The molecule has 2 rings (SSSR count). The minimum absolute atomic E-state index is 0.00783. The van der Waals surface area contributed by atoms with Gasteiger partial charge in [0, 0.05) is 18.2 Å². The Morgan fingerprint density at radius 1 is 0.880 bits per heavy atom. The fourth-order valence-electron chi connectivity index (χ4n) is 2.13. The summed E-state index contributed by atoms with van der Waals surface area (Å²) in [5.41, 5.74) is 0.587. The smallest absolute Gasteiger partial charge is 0.240 e. The van der Waals surface area contributed by atoms with E-state index in [1.54, 1.807) is 12.1 Å². The standard InChI is InChI=1S/C16H17Cl2NO5S/c1-22-14-8-16(24-3)15(23-2)6-10(14)9-19-25(20,21)11-4-5-12(17)13(18)7-11/h4-8,19H,9H2,1-3H3. The number of hydrogen-bond acceptors (Lipinski definition) is 5. The molecule has 0 aliphatic carbocycles. The highest BCUT2D eigenvalue weighted by atomic mass is 35.5. The molecule has 2 aromatic carbocycles. The zero-order chi connectivity index (χ0) is 18.6. The van der Waals surface area contributed by atoms with E-state index in [0.29, 0.717) is 22.8 Å². The third-order valence-electron chi connectivity index (χ3n) is 3.44. The second-order valence-corrected chi connectivity index (χ2v) is 7.50. The Hall–Kier alpha value is -1.67. The van der Waals surface area contributed by atoms with Crippen LogP contribution in [0.3, 0.4) is 0 Å². The Balaban J connectivity index is 2.29. The van der Waals surface area contributed by atoms with Gasteiger partial charge < -0.3 is 14.2 Å². The summed E-state index contributed by atoms with van der Waals surface area (Å²) in [7, 11) is 0.704. The van der Waals surface area contributed by atoms with Crippen molar-refractivity contribution < 1.29 is 22.6 Å². The quantitative estimate of drug-likeness (QED) is 0.762. The van der Waals surface area contributed by atoms with Gasteiger partial charge in [-0.05, 0) is 24.3 Å². The van der Waals surface area contributed by atoms with Gasteiger partial charge in [-0.1, -0.05) is 23.2 Å². The molecule has 136 valence electrons. The van der Waals surface area contributed by atoms with Crippen LogP contribution in [0.15, 0.2) is 35.2 Å². The first-order valence-corrected chi connectivity index (χ1v) is 9.30. The van der Waals surface area contributed by atoms with Gasteiger partial charge in [0.2, 0.25) is 10.0 Å². The molecule has 0 saturated heterocycles. The summed E-state index contributed by atoms with van der Waals surface area (Å²) in [4.78, 5) is 0.0151. The number of nitrogens with one attached hydrogen (secondary N) is 1. The van der Waals surface area contributed by atoms with Crippen molar-refractivity contribution in [3.8, 4) is 17.2 Å². The lowest BCUT2D eigenvalue weighted by molar-refractivity contribution is 0.347. The van der Waals surface area contributed by atoms with E-state index in [2.05, 4.69) is 4.72 Å². The van der Waals surface area contributed by atoms with E-state index in [4.69, 9.17) is 37.4 Å². The summed E-state index contributed by atoms with van der Waals surface area (Å²) in [6, 6.07) is 7.37. The van der Waals surface area contributed by atoms with Gasteiger partial charge in [0.05, 0.1) is 36.3 Å². The molecule has 0 fully saturated rings. The lowest BCUT2D eigenvalue weighted by Gasteiger charge is -2.15. The molecule has 0 radical (unpaired) electrons. The molecule has 0 atom stereocenters. The number of rotatable bonds is 7. The van der Waals surface area contributed by atoms with Gasteiger partial charge in [-0.25, -0.2) is 13.1 Å². The highest BCUT2D eigenvalue weighted by Crippen LogP contribution is 2.34. The van der Waals surface area contributed by atoms with Crippen molar-refractivity contribution in [3.05, 3.63) is 45.9 Å². The van der Waals surface area contributed by atoms with Gasteiger partial charge in [0.15, 0.2) is 11.5 Å². The van der Waals surface area contributed by atoms with Crippen molar-refractivity contribution in [2.24, 2.45) is 0 Å². The van der Waals surface area contributed by atoms with Crippen LogP contribution in [0, 0.1) is 0 Å². The highest BCUT2D eigenvalue weighted by Gasteiger charge is 2.18. The molecule has 0 unspecified atom stereocenters. The van der Waals surface area contributed by atoms with Crippen LogP contribution in [0.1, 0.15) is 5.56 Å². The van der Waals surface area contributed by atoms with Crippen molar-refractivity contribution in [1.29, 1.82) is 0 Å². The minimum atomic E-state index is -3.78. The number of halogens is 2. The zero-order valence-corrected chi connectivity index (χ0v) is 16.1. The summed E-state index contributed by atoms with van der Waals surface area (Å²) in [6.45, 7) is -0.00783. The molecule has 0 heterocycles. The van der Waals surface area contributed by atoms with Gasteiger partial charge in [-0.15, -0.1) is 0 Å². The van der Waals surface area contributed by atoms with Crippen LogP contribution in [0.4, 0.5) is 0 Å². The second kappa shape index (κ2) is 8.14. The predicted octanol–water partition coefficient (Wildman–Crippen LogP) is 3.50. The lowest BCUT2D eigenvalue weighted by Crippen LogP contribution is -2.23. The van der Waals surface area contributed by atoms with Gasteiger partial charge in [-0.3, -0.25) is 0 Å². The molecule has 2 aromatic rings. The third kappa shape index (κ3) is 4.49. The maximum Gasteiger partial charge on any atom is 0.240 e.